The number of rotatable bonds is 4. The Kier molecular flexibility index (Phi) is 3.51. The minimum Gasteiger partial charge on any atom is -0.481 e. The first-order valence-corrected chi connectivity index (χ1v) is 4.94. The van der Waals surface area contributed by atoms with Crippen LogP contribution in [0.3, 0.4) is 0 Å². The van der Waals surface area contributed by atoms with Crippen LogP contribution < -0.4 is 5.32 Å². The van der Waals surface area contributed by atoms with Gasteiger partial charge in [-0.05, 0) is 26.0 Å². The molecule has 1 rings (SSSR count). The van der Waals surface area contributed by atoms with Crippen LogP contribution in [0.25, 0.3) is 0 Å². The molecule has 16 heavy (non-hydrogen) atoms. The van der Waals surface area contributed by atoms with Crippen molar-refractivity contribution in [1.82, 2.24) is 0 Å². The highest BCUT2D eigenvalue weighted by Gasteiger charge is 2.22. The quantitative estimate of drug-likeness (QED) is 0.812. The summed E-state index contributed by atoms with van der Waals surface area (Å²) < 4.78 is 0. The van der Waals surface area contributed by atoms with Crippen molar-refractivity contribution < 1.29 is 9.90 Å². The number of benzene rings is 1. The highest BCUT2D eigenvalue weighted by atomic mass is 16.4. The number of hydrogen-bond acceptors (Lipinski definition) is 3. The molecule has 0 spiro atoms. The third kappa shape index (κ3) is 3.28. The van der Waals surface area contributed by atoms with Gasteiger partial charge in [-0.15, -0.1) is 0 Å². The topological polar surface area (TPSA) is 73.1 Å². The molecule has 0 heterocycles. The fraction of sp³-hybridized carbons (Fsp3) is 0.333. The average Bonchev–Trinajstić information content (AvgIpc) is 2.15. The van der Waals surface area contributed by atoms with E-state index in [-0.39, 0.29) is 6.42 Å². The Labute approximate surface area is 94.5 Å². The van der Waals surface area contributed by atoms with Gasteiger partial charge in [0, 0.05) is 5.54 Å². The molecule has 1 aromatic carbocycles. The number of anilines is 1. The predicted octanol–water partition coefficient (Wildman–Crippen LogP) is 2.22. The van der Waals surface area contributed by atoms with Crippen LogP contribution in [-0.4, -0.2) is 16.6 Å². The number of carboxylic acids is 1. The lowest BCUT2D eigenvalue weighted by molar-refractivity contribution is -0.137. The van der Waals surface area contributed by atoms with E-state index < -0.39 is 11.5 Å². The third-order valence-corrected chi connectivity index (χ3v) is 2.11. The molecule has 0 bridgehead atoms. The smallest absolute Gasteiger partial charge is 0.305 e. The van der Waals surface area contributed by atoms with E-state index in [4.69, 9.17) is 10.4 Å². The molecule has 1 aromatic rings. The zero-order valence-corrected chi connectivity index (χ0v) is 9.32. The second-order valence-corrected chi connectivity index (χ2v) is 4.24. The van der Waals surface area contributed by atoms with E-state index in [1.807, 2.05) is 0 Å². The Bertz CT molecular complexity index is 433. The lowest BCUT2D eigenvalue weighted by atomic mass is 9.99. The fourth-order valence-electron chi connectivity index (χ4n) is 1.48. The standard InChI is InChI=1S/C12H14N2O2/c1-12(2,7-11(15)16)14-10-6-4-3-5-9(10)8-13/h3-6,14H,7H2,1-2H3,(H,15,16). The summed E-state index contributed by atoms with van der Waals surface area (Å²) in [7, 11) is 0. The van der Waals surface area contributed by atoms with Crippen molar-refractivity contribution in [3.63, 3.8) is 0 Å². The van der Waals surface area contributed by atoms with Gasteiger partial charge in [-0.25, -0.2) is 0 Å². The summed E-state index contributed by atoms with van der Waals surface area (Å²) in [5.74, 6) is -0.869. The predicted molar refractivity (Wildman–Crippen MR) is 61.1 cm³/mol. The monoisotopic (exact) mass is 218 g/mol. The van der Waals surface area contributed by atoms with E-state index >= 15 is 0 Å². The molecule has 0 unspecified atom stereocenters. The van der Waals surface area contributed by atoms with Gasteiger partial charge in [0.2, 0.25) is 0 Å². The SMILES string of the molecule is CC(C)(CC(=O)O)Nc1ccccc1C#N. The largest absolute Gasteiger partial charge is 0.481 e. The van der Waals surface area contributed by atoms with E-state index in [0.717, 1.165) is 0 Å². The number of nitrogens with zero attached hydrogens (tertiary/aromatic N) is 1. The van der Waals surface area contributed by atoms with Crippen LogP contribution in [0.5, 0.6) is 0 Å². The molecule has 0 amide bonds. The molecule has 0 radical (unpaired) electrons. The van der Waals surface area contributed by atoms with Gasteiger partial charge in [-0.1, -0.05) is 12.1 Å². The van der Waals surface area contributed by atoms with E-state index in [1.54, 1.807) is 38.1 Å². The number of nitrogens with one attached hydrogen (secondary N) is 1. The lowest BCUT2D eigenvalue weighted by Crippen LogP contribution is -2.33. The van der Waals surface area contributed by atoms with Crippen molar-refractivity contribution >= 4 is 11.7 Å². The normalized spacial score (nSPS) is 10.6. The second-order valence-electron chi connectivity index (χ2n) is 4.24. The van der Waals surface area contributed by atoms with E-state index in [1.165, 1.54) is 0 Å². The van der Waals surface area contributed by atoms with Crippen molar-refractivity contribution in [2.24, 2.45) is 0 Å². The van der Waals surface area contributed by atoms with Gasteiger partial charge in [-0.2, -0.15) is 5.26 Å². The molecule has 0 aliphatic carbocycles. The highest BCUT2D eigenvalue weighted by molar-refractivity contribution is 5.70. The first-order valence-electron chi connectivity index (χ1n) is 4.94. The summed E-state index contributed by atoms with van der Waals surface area (Å²) in [5, 5.41) is 20.7. The number of aliphatic carboxylic acids is 1. The fourth-order valence-corrected chi connectivity index (χ4v) is 1.48. The maximum absolute atomic E-state index is 10.7. The Hall–Kier alpha value is -2.02. The molecule has 4 nitrogen and oxygen atoms in total. The molecule has 4 heteroatoms. The number of carboxylic acid groups (broad SMARTS) is 1. The molecule has 0 aliphatic heterocycles. The Morgan fingerprint density at radius 3 is 2.69 bits per heavy atom. The van der Waals surface area contributed by atoms with E-state index in [9.17, 15) is 4.79 Å². The van der Waals surface area contributed by atoms with Crippen molar-refractivity contribution in [1.29, 1.82) is 5.26 Å². The number of nitriles is 1. The Balaban J connectivity index is 2.88. The van der Waals surface area contributed by atoms with Crippen LogP contribution in [0, 0.1) is 11.3 Å². The van der Waals surface area contributed by atoms with Gasteiger partial charge < -0.3 is 10.4 Å². The lowest BCUT2D eigenvalue weighted by Gasteiger charge is -2.26. The van der Waals surface area contributed by atoms with Crippen molar-refractivity contribution in [3.8, 4) is 6.07 Å². The van der Waals surface area contributed by atoms with Crippen molar-refractivity contribution in [2.75, 3.05) is 5.32 Å². The summed E-state index contributed by atoms with van der Waals surface area (Å²) in [4.78, 5) is 10.7. The van der Waals surface area contributed by atoms with Crippen LogP contribution in [-0.2, 0) is 4.79 Å². The summed E-state index contributed by atoms with van der Waals surface area (Å²) in [6, 6.07) is 9.10. The summed E-state index contributed by atoms with van der Waals surface area (Å²) in [6.45, 7) is 3.57. The molecular formula is C12H14N2O2. The maximum Gasteiger partial charge on any atom is 0.305 e. The molecule has 0 fully saturated rings. The number of hydrogen-bond donors (Lipinski definition) is 2. The summed E-state index contributed by atoms with van der Waals surface area (Å²) >= 11 is 0. The second kappa shape index (κ2) is 4.67. The highest BCUT2D eigenvalue weighted by Crippen LogP contribution is 2.21. The molecule has 0 saturated carbocycles. The van der Waals surface area contributed by atoms with Gasteiger partial charge in [0.05, 0.1) is 17.7 Å². The van der Waals surface area contributed by atoms with E-state index in [0.29, 0.717) is 11.3 Å². The van der Waals surface area contributed by atoms with Crippen LogP contribution in [0.15, 0.2) is 24.3 Å². The van der Waals surface area contributed by atoms with Crippen LogP contribution in [0.2, 0.25) is 0 Å². The first kappa shape index (κ1) is 12.1. The molecule has 2 N–H and O–H groups in total. The maximum atomic E-state index is 10.7. The minimum atomic E-state index is -0.869. The number of para-hydroxylation sites is 1. The number of carbonyl (C=O) groups is 1. The molecule has 0 saturated heterocycles. The molecule has 0 aliphatic rings. The summed E-state index contributed by atoms with van der Waals surface area (Å²) in [6.07, 6.45) is -0.00718. The molecule has 0 atom stereocenters. The first-order chi connectivity index (χ1) is 7.44. The summed E-state index contributed by atoms with van der Waals surface area (Å²) in [5.41, 5.74) is 0.593. The van der Waals surface area contributed by atoms with Gasteiger partial charge in [-0.3, -0.25) is 4.79 Å². The minimum absolute atomic E-state index is 0.00718. The van der Waals surface area contributed by atoms with Gasteiger partial charge in [0.25, 0.3) is 0 Å². The Morgan fingerprint density at radius 1 is 1.50 bits per heavy atom. The van der Waals surface area contributed by atoms with Crippen LogP contribution in [0.1, 0.15) is 25.8 Å². The van der Waals surface area contributed by atoms with Crippen molar-refractivity contribution in [3.05, 3.63) is 29.8 Å². The Morgan fingerprint density at radius 2 is 2.12 bits per heavy atom. The van der Waals surface area contributed by atoms with Gasteiger partial charge >= 0.3 is 5.97 Å². The molecule has 0 aromatic heterocycles. The van der Waals surface area contributed by atoms with Crippen LogP contribution in [0.4, 0.5) is 5.69 Å². The third-order valence-electron chi connectivity index (χ3n) is 2.11. The zero-order valence-electron chi connectivity index (χ0n) is 9.32. The van der Waals surface area contributed by atoms with Crippen molar-refractivity contribution in [2.45, 2.75) is 25.8 Å². The van der Waals surface area contributed by atoms with Gasteiger partial charge in [0.15, 0.2) is 0 Å². The van der Waals surface area contributed by atoms with Crippen LogP contribution >= 0.6 is 0 Å². The zero-order chi connectivity index (χ0) is 12.2. The average molecular weight is 218 g/mol. The molecule has 84 valence electrons. The van der Waals surface area contributed by atoms with Gasteiger partial charge in [0.1, 0.15) is 6.07 Å². The molecular weight excluding hydrogens is 204 g/mol. The van der Waals surface area contributed by atoms with E-state index in [2.05, 4.69) is 11.4 Å².